The van der Waals surface area contributed by atoms with Gasteiger partial charge in [-0.15, -0.1) is 0 Å². The Morgan fingerprint density at radius 2 is 1.45 bits per heavy atom. The zero-order chi connectivity index (χ0) is 7.84. The van der Waals surface area contributed by atoms with E-state index in [4.69, 9.17) is 5.73 Å². The van der Waals surface area contributed by atoms with Gasteiger partial charge >= 0.3 is 0 Å². The van der Waals surface area contributed by atoms with Crippen molar-refractivity contribution < 1.29 is 0 Å². The Labute approximate surface area is 69.4 Å². The van der Waals surface area contributed by atoms with Gasteiger partial charge in [0.1, 0.15) is 0 Å². The molecule has 0 aromatic rings. The number of hydrogen-bond acceptors (Lipinski definition) is 1. The van der Waals surface area contributed by atoms with Crippen LogP contribution in [-0.4, -0.2) is 6.04 Å². The molecule has 0 saturated heterocycles. The van der Waals surface area contributed by atoms with Crippen LogP contribution >= 0.6 is 0 Å². The summed E-state index contributed by atoms with van der Waals surface area (Å²) in [4.78, 5) is 0. The van der Waals surface area contributed by atoms with Gasteiger partial charge in [0, 0.05) is 6.04 Å². The summed E-state index contributed by atoms with van der Waals surface area (Å²) in [6.45, 7) is 2.40. The summed E-state index contributed by atoms with van der Waals surface area (Å²) < 4.78 is 0. The Bertz CT molecular complexity index is 110. The van der Waals surface area contributed by atoms with E-state index in [1.165, 1.54) is 32.1 Å². The molecule has 0 radical (unpaired) electrons. The molecule has 1 heteroatoms. The molecule has 2 fully saturated rings. The highest BCUT2D eigenvalue weighted by atomic mass is 14.7. The quantitative estimate of drug-likeness (QED) is 0.567. The maximum absolute atomic E-state index is 5.97. The predicted molar refractivity (Wildman–Crippen MR) is 47.2 cm³/mol. The van der Waals surface area contributed by atoms with Gasteiger partial charge in [0.15, 0.2) is 0 Å². The highest BCUT2D eigenvalue weighted by Crippen LogP contribution is 2.41. The average Bonchev–Trinajstić information content (AvgIpc) is 1.82. The van der Waals surface area contributed by atoms with E-state index >= 15 is 0 Å². The Balaban J connectivity index is 2.00. The molecule has 0 heterocycles. The summed E-state index contributed by atoms with van der Waals surface area (Å²) in [5.74, 6) is 2.94. The standard InChI is InChI=1S/C10H19N/c1-7-2-8-4-9(3-7)6-10(11)5-8/h7-10H,2-6,11H2,1H3/t7?,8-,9?,10?/m1/s1. The molecule has 64 valence electrons. The molecule has 2 rings (SSSR count). The third kappa shape index (κ3) is 1.58. The first-order valence-electron chi connectivity index (χ1n) is 4.99. The molecule has 0 spiro atoms. The van der Waals surface area contributed by atoms with Crippen molar-refractivity contribution in [3.63, 3.8) is 0 Å². The van der Waals surface area contributed by atoms with Crippen molar-refractivity contribution >= 4 is 0 Å². The molecule has 2 bridgehead atoms. The Hall–Kier alpha value is -0.0400. The molecule has 2 aliphatic carbocycles. The summed E-state index contributed by atoms with van der Waals surface area (Å²) in [5.41, 5.74) is 5.97. The fourth-order valence-corrected chi connectivity index (χ4v) is 3.24. The van der Waals surface area contributed by atoms with Crippen LogP contribution in [0, 0.1) is 17.8 Å². The largest absolute Gasteiger partial charge is 0.328 e. The molecule has 0 amide bonds. The first-order chi connectivity index (χ1) is 5.24. The van der Waals surface area contributed by atoms with E-state index < -0.39 is 0 Å². The van der Waals surface area contributed by atoms with Crippen molar-refractivity contribution in [2.24, 2.45) is 23.5 Å². The Morgan fingerprint density at radius 3 is 2.00 bits per heavy atom. The summed E-state index contributed by atoms with van der Waals surface area (Å²) >= 11 is 0. The van der Waals surface area contributed by atoms with Gasteiger partial charge in [0.25, 0.3) is 0 Å². The maximum atomic E-state index is 5.97. The van der Waals surface area contributed by atoms with Crippen molar-refractivity contribution in [1.82, 2.24) is 0 Å². The molecule has 2 N–H and O–H groups in total. The molecule has 11 heavy (non-hydrogen) atoms. The van der Waals surface area contributed by atoms with Gasteiger partial charge in [-0.2, -0.15) is 0 Å². The molecule has 0 aliphatic heterocycles. The van der Waals surface area contributed by atoms with Gasteiger partial charge in [0.2, 0.25) is 0 Å². The normalized spacial score (nSPS) is 50.7. The van der Waals surface area contributed by atoms with Crippen LogP contribution in [0.25, 0.3) is 0 Å². The maximum Gasteiger partial charge on any atom is 0.00441 e. The van der Waals surface area contributed by atoms with Crippen LogP contribution in [0.15, 0.2) is 0 Å². The van der Waals surface area contributed by atoms with Crippen molar-refractivity contribution in [3.8, 4) is 0 Å². The molecule has 1 nitrogen and oxygen atoms in total. The van der Waals surface area contributed by atoms with Crippen LogP contribution in [0.1, 0.15) is 39.0 Å². The molecule has 0 aromatic heterocycles. The fourth-order valence-electron chi connectivity index (χ4n) is 3.24. The lowest BCUT2D eigenvalue weighted by Crippen LogP contribution is -2.37. The van der Waals surface area contributed by atoms with E-state index in [1.807, 2.05) is 0 Å². The first-order valence-corrected chi connectivity index (χ1v) is 4.99. The lowest BCUT2D eigenvalue weighted by molar-refractivity contribution is 0.131. The molecule has 4 atom stereocenters. The number of fused-ring (bicyclic) bond motifs is 2. The minimum Gasteiger partial charge on any atom is -0.328 e. The minimum absolute atomic E-state index is 0.534. The SMILES string of the molecule is CC1CC2CC(N)C[C@H](C1)C2. The van der Waals surface area contributed by atoms with E-state index in [1.54, 1.807) is 0 Å². The van der Waals surface area contributed by atoms with Crippen LogP contribution in [-0.2, 0) is 0 Å². The predicted octanol–water partition coefficient (Wildman–Crippen LogP) is 2.16. The monoisotopic (exact) mass is 153 g/mol. The van der Waals surface area contributed by atoms with Crippen LogP contribution < -0.4 is 5.73 Å². The molecule has 2 aliphatic rings. The minimum atomic E-state index is 0.534. The average molecular weight is 153 g/mol. The zero-order valence-electron chi connectivity index (χ0n) is 7.42. The van der Waals surface area contributed by atoms with E-state index in [2.05, 4.69) is 6.92 Å². The van der Waals surface area contributed by atoms with Crippen LogP contribution in [0.5, 0.6) is 0 Å². The van der Waals surface area contributed by atoms with Gasteiger partial charge in [-0.05, 0) is 49.9 Å². The van der Waals surface area contributed by atoms with E-state index in [9.17, 15) is 0 Å². The van der Waals surface area contributed by atoms with Crippen molar-refractivity contribution in [3.05, 3.63) is 0 Å². The lowest BCUT2D eigenvalue weighted by Gasteiger charge is -2.40. The Kier molecular flexibility index (Phi) is 1.92. The fraction of sp³-hybridized carbons (Fsp3) is 1.00. The number of rotatable bonds is 0. The summed E-state index contributed by atoms with van der Waals surface area (Å²) in [6.07, 6.45) is 6.99. The van der Waals surface area contributed by atoms with Gasteiger partial charge in [-0.1, -0.05) is 6.92 Å². The Morgan fingerprint density at radius 1 is 0.909 bits per heavy atom. The molecule has 0 aromatic carbocycles. The first kappa shape index (κ1) is 7.60. The highest BCUT2D eigenvalue weighted by Gasteiger charge is 2.32. The van der Waals surface area contributed by atoms with Crippen molar-refractivity contribution in [2.45, 2.75) is 45.1 Å². The highest BCUT2D eigenvalue weighted by molar-refractivity contribution is 4.86. The van der Waals surface area contributed by atoms with Crippen molar-refractivity contribution in [2.75, 3.05) is 0 Å². The lowest BCUT2D eigenvalue weighted by atomic mass is 9.67. The van der Waals surface area contributed by atoms with Gasteiger partial charge in [-0.3, -0.25) is 0 Å². The van der Waals surface area contributed by atoms with Gasteiger partial charge in [-0.25, -0.2) is 0 Å². The molecular formula is C10H19N. The van der Waals surface area contributed by atoms with E-state index in [0.29, 0.717) is 6.04 Å². The van der Waals surface area contributed by atoms with E-state index in [0.717, 1.165) is 17.8 Å². The van der Waals surface area contributed by atoms with Crippen LogP contribution in [0.2, 0.25) is 0 Å². The zero-order valence-corrected chi connectivity index (χ0v) is 7.42. The topological polar surface area (TPSA) is 26.0 Å². The second kappa shape index (κ2) is 2.78. The van der Waals surface area contributed by atoms with E-state index in [-0.39, 0.29) is 0 Å². The molecule has 2 saturated carbocycles. The summed E-state index contributed by atoms with van der Waals surface area (Å²) in [7, 11) is 0. The van der Waals surface area contributed by atoms with Crippen molar-refractivity contribution in [1.29, 1.82) is 0 Å². The third-order valence-electron chi connectivity index (χ3n) is 3.41. The molecule has 3 unspecified atom stereocenters. The second-order valence-corrected chi connectivity index (χ2v) is 4.78. The number of nitrogens with two attached hydrogens (primary N) is 1. The van der Waals surface area contributed by atoms with Gasteiger partial charge in [0.05, 0.1) is 0 Å². The van der Waals surface area contributed by atoms with Gasteiger partial charge < -0.3 is 5.73 Å². The summed E-state index contributed by atoms with van der Waals surface area (Å²) in [5, 5.41) is 0. The third-order valence-corrected chi connectivity index (χ3v) is 3.41. The number of hydrogen-bond donors (Lipinski definition) is 1. The second-order valence-electron chi connectivity index (χ2n) is 4.78. The summed E-state index contributed by atoms with van der Waals surface area (Å²) in [6, 6.07) is 0.534. The van der Waals surface area contributed by atoms with Crippen LogP contribution in [0.4, 0.5) is 0 Å². The smallest absolute Gasteiger partial charge is 0.00441 e. The van der Waals surface area contributed by atoms with Crippen LogP contribution in [0.3, 0.4) is 0 Å². The molecular weight excluding hydrogens is 134 g/mol.